The second-order valence-electron chi connectivity index (χ2n) is 8.87. The Morgan fingerprint density at radius 2 is 1.63 bits per heavy atom. The van der Waals surface area contributed by atoms with Crippen molar-refractivity contribution in [1.29, 1.82) is 0 Å². The number of amides is 3. The predicted octanol–water partition coefficient (Wildman–Crippen LogP) is 4.94. The van der Waals surface area contributed by atoms with Crippen molar-refractivity contribution in [2.75, 3.05) is 16.8 Å². The Bertz CT molecular complexity index is 1390. The monoisotopic (exact) mass is 485 g/mol. The molecule has 0 fully saturated rings. The first-order chi connectivity index (χ1) is 16.8. The van der Waals surface area contributed by atoms with Crippen LogP contribution in [-0.2, 0) is 22.6 Å². The van der Waals surface area contributed by atoms with Crippen molar-refractivity contribution in [3.05, 3.63) is 105 Å². The molecular formula is C28H24ClN3O3. The minimum absolute atomic E-state index is 0.00293. The minimum Gasteiger partial charge on any atom is -0.349 e. The summed E-state index contributed by atoms with van der Waals surface area (Å²) < 4.78 is 0. The summed E-state index contributed by atoms with van der Waals surface area (Å²) in [6.45, 7) is 4.99. The third kappa shape index (κ3) is 4.21. The molecule has 0 atom stereocenters. The summed E-state index contributed by atoms with van der Waals surface area (Å²) in [4.78, 5) is 42.1. The van der Waals surface area contributed by atoms with Gasteiger partial charge in [-0.25, -0.2) is 4.90 Å². The van der Waals surface area contributed by atoms with Crippen molar-refractivity contribution in [2.45, 2.75) is 26.8 Å². The average Bonchev–Trinajstić information content (AvgIpc) is 3.08. The number of benzene rings is 3. The van der Waals surface area contributed by atoms with E-state index in [0.29, 0.717) is 30.0 Å². The van der Waals surface area contributed by atoms with Crippen LogP contribution in [-0.4, -0.2) is 29.2 Å². The van der Waals surface area contributed by atoms with Gasteiger partial charge in [0, 0.05) is 24.3 Å². The van der Waals surface area contributed by atoms with Gasteiger partial charge in [0.15, 0.2) is 0 Å². The topological polar surface area (TPSA) is 69.7 Å². The number of aryl methyl sites for hydroxylation is 2. The summed E-state index contributed by atoms with van der Waals surface area (Å²) in [6, 6.07) is 20.5. The quantitative estimate of drug-likeness (QED) is 0.531. The molecule has 1 N–H and O–H groups in total. The van der Waals surface area contributed by atoms with Gasteiger partial charge in [-0.15, -0.1) is 0 Å². The van der Waals surface area contributed by atoms with Crippen LogP contribution in [0.15, 0.2) is 77.5 Å². The smallest absolute Gasteiger partial charge is 0.283 e. The van der Waals surface area contributed by atoms with E-state index in [-0.39, 0.29) is 16.6 Å². The van der Waals surface area contributed by atoms with Crippen LogP contribution in [0.2, 0.25) is 0 Å². The van der Waals surface area contributed by atoms with Crippen LogP contribution in [0.5, 0.6) is 0 Å². The van der Waals surface area contributed by atoms with E-state index >= 15 is 0 Å². The lowest BCUT2D eigenvalue weighted by Gasteiger charge is -2.29. The van der Waals surface area contributed by atoms with Gasteiger partial charge in [0.25, 0.3) is 17.7 Å². The Balaban J connectivity index is 1.38. The maximum absolute atomic E-state index is 13.3. The zero-order chi connectivity index (χ0) is 24.7. The number of fused-ring (bicyclic) bond motifs is 1. The van der Waals surface area contributed by atoms with Gasteiger partial charge < -0.3 is 10.2 Å². The molecule has 3 amide bonds. The lowest BCUT2D eigenvalue weighted by molar-refractivity contribution is -0.120. The number of halogens is 1. The number of anilines is 2. The number of nitrogens with zero attached hydrogens (tertiary/aromatic N) is 2. The molecule has 6 nitrogen and oxygen atoms in total. The van der Waals surface area contributed by atoms with Gasteiger partial charge in [0.1, 0.15) is 10.7 Å². The van der Waals surface area contributed by atoms with Gasteiger partial charge in [-0.3, -0.25) is 14.4 Å². The minimum atomic E-state index is -0.583. The van der Waals surface area contributed by atoms with Gasteiger partial charge in [-0.1, -0.05) is 59.6 Å². The number of carbonyl (C=O) groups is 3. The molecular weight excluding hydrogens is 462 g/mol. The SMILES string of the molecule is Cc1ccc(N2C(=O)C(Cl)=C(Nc3cc(C(=O)N4CCc5ccccc5C4)ccc3C)C2=O)cc1. The van der Waals surface area contributed by atoms with Crippen molar-refractivity contribution in [3.63, 3.8) is 0 Å². The maximum Gasteiger partial charge on any atom is 0.283 e. The first-order valence-corrected chi connectivity index (χ1v) is 11.8. The van der Waals surface area contributed by atoms with Crippen molar-refractivity contribution in [1.82, 2.24) is 4.90 Å². The summed E-state index contributed by atoms with van der Waals surface area (Å²) in [5, 5.41) is 2.85. The third-order valence-corrected chi connectivity index (χ3v) is 6.83. The maximum atomic E-state index is 13.3. The molecule has 2 heterocycles. The predicted molar refractivity (Wildman–Crippen MR) is 136 cm³/mol. The molecule has 2 aliphatic heterocycles. The van der Waals surface area contributed by atoms with Crippen molar-refractivity contribution in [3.8, 4) is 0 Å². The number of hydrogen-bond donors (Lipinski definition) is 1. The Labute approximate surface area is 208 Å². The summed E-state index contributed by atoms with van der Waals surface area (Å²) in [5.41, 5.74) is 5.75. The number of rotatable bonds is 4. The number of imide groups is 1. The van der Waals surface area contributed by atoms with Crippen molar-refractivity contribution in [2.24, 2.45) is 0 Å². The largest absolute Gasteiger partial charge is 0.349 e. The standard InChI is InChI=1S/C28H24ClN3O3/c1-17-7-11-22(12-8-17)32-27(34)24(29)25(28(32)35)30-23-15-20(10-9-18(23)2)26(33)31-14-13-19-5-3-4-6-21(19)16-31/h3-12,15,30H,13-14,16H2,1-2H3. The molecule has 176 valence electrons. The van der Waals surface area contributed by atoms with Crippen LogP contribution < -0.4 is 10.2 Å². The normalized spacial score (nSPS) is 15.5. The number of hydrogen-bond acceptors (Lipinski definition) is 4. The number of carbonyl (C=O) groups excluding carboxylic acids is 3. The van der Waals surface area contributed by atoms with Gasteiger partial charge >= 0.3 is 0 Å². The van der Waals surface area contributed by atoms with E-state index in [4.69, 9.17) is 11.6 Å². The first-order valence-electron chi connectivity index (χ1n) is 11.4. The molecule has 0 aliphatic carbocycles. The summed E-state index contributed by atoms with van der Waals surface area (Å²) >= 11 is 6.30. The highest BCUT2D eigenvalue weighted by molar-refractivity contribution is 6.53. The Morgan fingerprint density at radius 1 is 0.914 bits per heavy atom. The molecule has 0 saturated heterocycles. The number of nitrogens with one attached hydrogen (secondary N) is 1. The van der Waals surface area contributed by atoms with E-state index in [2.05, 4.69) is 11.4 Å². The molecule has 5 rings (SSSR count). The summed E-state index contributed by atoms with van der Waals surface area (Å²) in [5.74, 6) is -1.20. The highest BCUT2D eigenvalue weighted by Gasteiger charge is 2.39. The molecule has 0 spiro atoms. The summed E-state index contributed by atoms with van der Waals surface area (Å²) in [7, 11) is 0. The molecule has 0 radical (unpaired) electrons. The van der Waals surface area contributed by atoms with E-state index in [9.17, 15) is 14.4 Å². The van der Waals surface area contributed by atoms with Crippen LogP contribution in [0.25, 0.3) is 0 Å². The van der Waals surface area contributed by atoms with E-state index in [1.165, 1.54) is 5.56 Å². The second-order valence-corrected chi connectivity index (χ2v) is 9.25. The summed E-state index contributed by atoms with van der Waals surface area (Å²) in [6.07, 6.45) is 0.812. The molecule has 0 unspecified atom stereocenters. The van der Waals surface area contributed by atoms with E-state index in [0.717, 1.165) is 28.0 Å². The fraction of sp³-hybridized carbons (Fsp3) is 0.179. The first kappa shape index (κ1) is 22.9. The zero-order valence-corrected chi connectivity index (χ0v) is 20.2. The zero-order valence-electron chi connectivity index (χ0n) is 19.5. The van der Waals surface area contributed by atoms with Gasteiger partial charge in [0.05, 0.1) is 5.69 Å². The van der Waals surface area contributed by atoms with Gasteiger partial charge in [-0.2, -0.15) is 0 Å². The van der Waals surface area contributed by atoms with E-state index in [1.54, 1.807) is 24.3 Å². The molecule has 3 aromatic carbocycles. The molecule has 0 saturated carbocycles. The van der Waals surface area contributed by atoms with E-state index in [1.807, 2.05) is 55.1 Å². The molecule has 7 heteroatoms. The molecule has 0 bridgehead atoms. The van der Waals surface area contributed by atoms with Crippen LogP contribution in [0.3, 0.4) is 0 Å². The van der Waals surface area contributed by atoms with Crippen LogP contribution in [0, 0.1) is 13.8 Å². The molecule has 0 aromatic heterocycles. The average molecular weight is 486 g/mol. The van der Waals surface area contributed by atoms with Crippen LogP contribution in [0.1, 0.15) is 32.6 Å². The van der Waals surface area contributed by atoms with E-state index < -0.39 is 11.8 Å². The van der Waals surface area contributed by atoms with Crippen molar-refractivity contribution < 1.29 is 14.4 Å². The van der Waals surface area contributed by atoms with Gasteiger partial charge in [0.2, 0.25) is 0 Å². The van der Waals surface area contributed by atoms with Crippen LogP contribution in [0.4, 0.5) is 11.4 Å². The molecule has 2 aliphatic rings. The Kier molecular flexibility index (Phi) is 5.91. The van der Waals surface area contributed by atoms with Crippen molar-refractivity contribution >= 4 is 40.7 Å². The second kappa shape index (κ2) is 9.04. The fourth-order valence-corrected chi connectivity index (χ4v) is 4.63. The third-order valence-electron chi connectivity index (χ3n) is 6.48. The highest BCUT2D eigenvalue weighted by Crippen LogP contribution is 2.31. The Morgan fingerprint density at radius 3 is 2.37 bits per heavy atom. The lowest BCUT2D eigenvalue weighted by atomic mass is 9.99. The van der Waals surface area contributed by atoms with Crippen LogP contribution >= 0.6 is 11.6 Å². The molecule has 3 aromatic rings. The fourth-order valence-electron chi connectivity index (χ4n) is 4.42. The lowest BCUT2D eigenvalue weighted by Crippen LogP contribution is -2.36. The Hall–Kier alpha value is -3.90. The molecule has 35 heavy (non-hydrogen) atoms. The van der Waals surface area contributed by atoms with Gasteiger partial charge in [-0.05, 0) is 61.2 Å². The highest BCUT2D eigenvalue weighted by atomic mass is 35.5.